The molecule has 12 heavy (non-hydrogen) atoms. The number of halogens is 1. The van der Waals surface area contributed by atoms with Crippen molar-refractivity contribution >= 4 is 11.7 Å². The molecule has 62 valence electrons. The predicted octanol–water partition coefficient (Wildman–Crippen LogP) is -1.13. The minimum Gasteiger partial charge on any atom is -1.00 e. The van der Waals surface area contributed by atoms with Gasteiger partial charge < -0.3 is 17.5 Å². The largest absolute Gasteiger partial charge is 1.00 e. The molecule has 0 aliphatic carbocycles. The van der Waals surface area contributed by atoms with E-state index in [1.54, 1.807) is 12.1 Å². The molecule has 1 aromatic carbocycles. The Kier molecular flexibility index (Phi) is 3.74. The smallest absolute Gasteiger partial charge is 0.399 e. The normalized spacial score (nSPS) is 7.92. The Bertz CT molecular complexity index is 332. The van der Waals surface area contributed by atoms with Crippen molar-refractivity contribution < 1.29 is 22.3 Å². The van der Waals surface area contributed by atoms with Gasteiger partial charge in [-0.25, -0.2) is 4.79 Å². The topological polar surface area (TPSA) is 65.5 Å². The van der Waals surface area contributed by atoms with Crippen molar-refractivity contribution in [2.24, 2.45) is 0 Å². The van der Waals surface area contributed by atoms with Gasteiger partial charge in [-0.1, -0.05) is 12.1 Å². The molecule has 4 nitrogen and oxygen atoms in total. The van der Waals surface area contributed by atoms with E-state index in [2.05, 4.69) is 4.98 Å². The molecule has 0 aromatic heterocycles. The number of carboxylic acids is 1. The van der Waals surface area contributed by atoms with Gasteiger partial charge in [0, 0.05) is 6.07 Å². The summed E-state index contributed by atoms with van der Waals surface area (Å²) in [4.78, 5) is 13.2. The van der Waals surface area contributed by atoms with Crippen LogP contribution in [0.15, 0.2) is 24.3 Å². The van der Waals surface area contributed by atoms with Crippen molar-refractivity contribution in [3.63, 3.8) is 0 Å². The number of nitrogens with zero attached hydrogens (tertiary/aromatic N) is 2. The summed E-state index contributed by atoms with van der Waals surface area (Å²) in [5.41, 5.74) is 0.0648. The third-order valence-corrected chi connectivity index (χ3v) is 1.24. The first kappa shape index (κ1) is 10.4. The van der Waals surface area contributed by atoms with E-state index in [9.17, 15) is 4.79 Å². The zero-order valence-electron chi connectivity index (χ0n) is 5.94. The molecular weight excluding hydrogens is 180 g/mol. The molecule has 0 saturated carbocycles. The molecule has 0 radical (unpaired) electrons. The summed E-state index contributed by atoms with van der Waals surface area (Å²) in [5, 5.41) is 16.9. The van der Waals surface area contributed by atoms with Crippen molar-refractivity contribution in [1.29, 1.82) is 5.39 Å². The van der Waals surface area contributed by atoms with Gasteiger partial charge in [-0.05, 0) is 6.07 Å². The fourth-order valence-electron chi connectivity index (χ4n) is 0.742. The third kappa shape index (κ3) is 1.94. The summed E-state index contributed by atoms with van der Waals surface area (Å²) in [5.74, 6) is -1.10. The molecule has 0 fully saturated rings. The summed E-state index contributed by atoms with van der Waals surface area (Å²) in [6.07, 6.45) is 0. The van der Waals surface area contributed by atoms with E-state index in [0.717, 1.165) is 0 Å². The highest BCUT2D eigenvalue weighted by Crippen LogP contribution is 2.17. The first-order valence-electron chi connectivity index (χ1n) is 2.93. The van der Waals surface area contributed by atoms with Crippen LogP contribution < -0.4 is 12.4 Å². The van der Waals surface area contributed by atoms with Gasteiger partial charge in [0.05, 0.1) is 0 Å². The Balaban J connectivity index is 0.00000121. The van der Waals surface area contributed by atoms with Crippen LogP contribution >= 0.6 is 0 Å². The second kappa shape index (κ2) is 4.31. The number of carboxylic acid groups (broad SMARTS) is 1. The molecule has 0 bridgehead atoms. The van der Waals surface area contributed by atoms with Crippen LogP contribution in [0.1, 0.15) is 10.4 Å². The number of diazo groups is 1. The van der Waals surface area contributed by atoms with E-state index in [4.69, 9.17) is 10.5 Å². The fraction of sp³-hybridized carbons (Fsp3) is 0. The van der Waals surface area contributed by atoms with Crippen LogP contribution in [0.3, 0.4) is 0 Å². The van der Waals surface area contributed by atoms with E-state index in [-0.39, 0.29) is 23.7 Å². The lowest BCUT2D eigenvalue weighted by atomic mass is 10.2. The Morgan fingerprint density at radius 1 is 1.42 bits per heavy atom. The second-order valence-corrected chi connectivity index (χ2v) is 1.92. The van der Waals surface area contributed by atoms with Crippen molar-refractivity contribution in [3.05, 3.63) is 34.8 Å². The molecule has 0 atom stereocenters. The van der Waals surface area contributed by atoms with Crippen molar-refractivity contribution in [2.75, 3.05) is 0 Å². The maximum Gasteiger partial charge on any atom is 0.399 e. The minimum absolute atomic E-state index is 0. The number of rotatable bonds is 1. The molecule has 0 saturated heterocycles. The van der Waals surface area contributed by atoms with E-state index in [1.807, 2.05) is 0 Å². The molecule has 1 N–H and O–H groups in total. The van der Waals surface area contributed by atoms with Gasteiger partial charge in [-0.3, -0.25) is 0 Å². The predicted molar refractivity (Wildman–Crippen MR) is 38.1 cm³/mol. The fourth-order valence-corrected chi connectivity index (χ4v) is 0.742. The van der Waals surface area contributed by atoms with Gasteiger partial charge in [-0.15, -0.1) is 0 Å². The van der Waals surface area contributed by atoms with Crippen LogP contribution in [0.4, 0.5) is 5.69 Å². The van der Waals surface area contributed by atoms with Crippen LogP contribution in [0.2, 0.25) is 0 Å². The summed E-state index contributed by atoms with van der Waals surface area (Å²) in [6, 6.07) is 5.96. The highest BCUT2D eigenvalue weighted by Gasteiger charge is 2.17. The maximum atomic E-state index is 10.4. The number of aromatic carboxylic acids is 1. The van der Waals surface area contributed by atoms with Gasteiger partial charge in [0.1, 0.15) is 0 Å². The molecule has 1 aromatic rings. The lowest BCUT2D eigenvalue weighted by Crippen LogP contribution is -3.00. The lowest BCUT2D eigenvalue weighted by Gasteiger charge is -1.85. The van der Waals surface area contributed by atoms with Gasteiger partial charge in [0.2, 0.25) is 5.39 Å². The third-order valence-electron chi connectivity index (χ3n) is 1.24. The van der Waals surface area contributed by atoms with Crippen LogP contribution in [-0.4, -0.2) is 11.1 Å². The average molecular weight is 185 g/mol. The molecular formula is C7H5ClN2O2. The van der Waals surface area contributed by atoms with Gasteiger partial charge in [0.15, 0.2) is 10.5 Å². The lowest BCUT2D eigenvalue weighted by molar-refractivity contribution is -0.0000181. The number of benzene rings is 1. The van der Waals surface area contributed by atoms with E-state index < -0.39 is 5.97 Å². The van der Waals surface area contributed by atoms with Crippen molar-refractivity contribution in [1.82, 2.24) is 0 Å². The SMILES string of the molecule is N#[N+]c1ccccc1C(=O)O.[Cl-]. The Hall–Kier alpha value is -1.60. The molecule has 0 spiro atoms. The van der Waals surface area contributed by atoms with E-state index in [0.29, 0.717) is 0 Å². The Morgan fingerprint density at radius 2 is 2.00 bits per heavy atom. The standard InChI is InChI=1S/C7H4N2O2.ClH/c8-9-6-4-2-1-3-5(6)7(10)11;/h1-4H;1H. The highest BCUT2D eigenvalue weighted by atomic mass is 35.5. The van der Waals surface area contributed by atoms with E-state index >= 15 is 0 Å². The van der Waals surface area contributed by atoms with Gasteiger partial charge >= 0.3 is 11.7 Å². The monoisotopic (exact) mass is 184 g/mol. The van der Waals surface area contributed by atoms with Crippen molar-refractivity contribution in [2.45, 2.75) is 0 Å². The Morgan fingerprint density at radius 3 is 2.42 bits per heavy atom. The quantitative estimate of drug-likeness (QED) is 0.562. The molecule has 0 heterocycles. The zero-order chi connectivity index (χ0) is 8.27. The number of carbonyl (C=O) groups is 1. The summed E-state index contributed by atoms with van der Waals surface area (Å²) in [7, 11) is 0. The van der Waals surface area contributed by atoms with Crippen LogP contribution in [0.25, 0.3) is 4.98 Å². The van der Waals surface area contributed by atoms with Crippen LogP contribution in [0, 0.1) is 5.39 Å². The highest BCUT2D eigenvalue weighted by molar-refractivity contribution is 5.94. The molecule has 5 heteroatoms. The molecule has 1 rings (SSSR count). The van der Waals surface area contributed by atoms with E-state index in [1.165, 1.54) is 12.1 Å². The van der Waals surface area contributed by atoms with Crippen LogP contribution in [0.5, 0.6) is 0 Å². The first-order chi connectivity index (χ1) is 5.25. The number of hydrogen-bond acceptors (Lipinski definition) is 2. The zero-order valence-corrected chi connectivity index (χ0v) is 6.69. The number of hydrogen-bond donors (Lipinski definition) is 1. The average Bonchev–Trinajstić information content (AvgIpc) is 2.04. The minimum atomic E-state index is -1.10. The van der Waals surface area contributed by atoms with Crippen LogP contribution in [-0.2, 0) is 0 Å². The summed E-state index contributed by atoms with van der Waals surface area (Å²) < 4.78 is 0. The van der Waals surface area contributed by atoms with Gasteiger partial charge in [0.25, 0.3) is 0 Å². The second-order valence-electron chi connectivity index (χ2n) is 1.92. The summed E-state index contributed by atoms with van der Waals surface area (Å²) in [6.45, 7) is 0. The summed E-state index contributed by atoms with van der Waals surface area (Å²) >= 11 is 0. The molecule has 0 aliphatic heterocycles. The first-order valence-corrected chi connectivity index (χ1v) is 2.93. The van der Waals surface area contributed by atoms with Gasteiger partial charge in [-0.2, -0.15) is 0 Å². The molecule has 0 aliphatic rings. The Labute approximate surface area is 74.9 Å². The maximum absolute atomic E-state index is 10.4. The molecule has 0 unspecified atom stereocenters. The van der Waals surface area contributed by atoms with Crippen molar-refractivity contribution in [3.8, 4) is 0 Å². The molecule has 0 amide bonds.